The van der Waals surface area contributed by atoms with E-state index < -0.39 is 0 Å². The molecule has 0 fully saturated rings. The Morgan fingerprint density at radius 3 is 2.84 bits per heavy atom. The molecule has 0 atom stereocenters. The maximum absolute atomic E-state index is 5.51. The number of rotatable bonds is 11. The average Bonchev–Trinajstić information content (AvgIpc) is 2.44. The zero-order valence-corrected chi connectivity index (χ0v) is 11.7. The van der Waals surface area contributed by atoms with Crippen molar-refractivity contribution in [1.82, 2.24) is 9.97 Å². The highest BCUT2D eigenvalue weighted by atomic mass is 16.5. The van der Waals surface area contributed by atoms with Gasteiger partial charge in [0.1, 0.15) is 5.82 Å². The molecule has 1 heterocycles. The lowest BCUT2D eigenvalue weighted by Gasteiger charge is -2.08. The van der Waals surface area contributed by atoms with Crippen molar-refractivity contribution in [2.45, 2.75) is 19.8 Å². The van der Waals surface area contributed by atoms with E-state index in [-0.39, 0.29) is 0 Å². The Morgan fingerprint density at radius 2 is 2.05 bits per heavy atom. The van der Waals surface area contributed by atoms with Crippen LogP contribution in [0.15, 0.2) is 12.4 Å². The lowest BCUT2D eigenvalue weighted by molar-refractivity contribution is 0.0642. The van der Waals surface area contributed by atoms with Crippen LogP contribution in [0.4, 0.5) is 5.82 Å². The second kappa shape index (κ2) is 10.5. The standard InChI is InChI=1S/C13H23N3O3/c1-3-5-15-12-10-14-11-13(16-12)19-7-4-6-18-9-8-17-2/h10-11H,3-9H2,1-2H3,(H,15,16). The zero-order chi connectivity index (χ0) is 13.8. The van der Waals surface area contributed by atoms with Gasteiger partial charge in [0.25, 0.3) is 0 Å². The maximum atomic E-state index is 5.51. The summed E-state index contributed by atoms with van der Waals surface area (Å²) in [6.45, 7) is 5.45. The van der Waals surface area contributed by atoms with Crippen LogP contribution in [-0.2, 0) is 9.47 Å². The van der Waals surface area contributed by atoms with Crippen molar-refractivity contribution in [2.75, 3.05) is 45.4 Å². The molecule has 1 aromatic rings. The van der Waals surface area contributed by atoms with Crippen LogP contribution in [0.3, 0.4) is 0 Å². The van der Waals surface area contributed by atoms with E-state index in [1.54, 1.807) is 19.5 Å². The molecule has 0 radical (unpaired) electrons. The predicted octanol–water partition coefficient (Wildman–Crippen LogP) is 1.73. The molecule has 0 bridgehead atoms. The molecule has 108 valence electrons. The van der Waals surface area contributed by atoms with Gasteiger partial charge in [-0.3, -0.25) is 4.98 Å². The average molecular weight is 269 g/mol. The second-order valence-corrected chi connectivity index (χ2v) is 3.98. The van der Waals surface area contributed by atoms with E-state index in [1.165, 1.54) is 0 Å². The molecule has 0 amide bonds. The van der Waals surface area contributed by atoms with Crippen molar-refractivity contribution in [3.05, 3.63) is 12.4 Å². The number of nitrogens with zero attached hydrogens (tertiary/aromatic N) is 2. The summed E-state index contributed by atoms with van der Waals surface area (Å²) < 4.78 is 15.7. The van der Waals surface area contributed by atoms with Crippen LogP contribution in [0.2, 0.25) is 0 Å². The first-order valence-corrected chi connectivity index (χ1v) is 6.62. The van der Waals surface area contributed by atoms with E-state index in [4.69, 9.17) is 14.2 Å². The summed E-state index contributed by atoms with van der Waals surface area (Å²) in [4.78, 5) is 8.38. The molecule has 0 aliphatic carbocycles. The number of methoxy groups -OCH3 is 1. The highest BCUT2D eigenvalue weighted by Gasteiger charge is 1.99. The molecule has 0 unspecified atom stereocenters. The van der Waals surface area contributed by atoms with Gasteiger partial charge in [-0.25, -0.2) is 0 Å². The van der Waals surface area contributed by atoms with Gasteiger partial charge < -0.3 is 19.5 Å². The quantitative estimate of drug-likeness (QED) is 0.617. The summed E-state index contributed by atoms with van der Waals surface area (Å²) in [5, 5.41) is 3.17. The van der Waals surface area contributed by atoms with Gasteiger partial charge in [0.05, 0.1) is 32.2 Å². The minimum atomic E-state index is 0.540. The predicted molar refractivity (Wildman–Crippen MR) is 73.6 cm³/mol. The third-order valence-electron chi connectivity index (χ3n) is 2.28. The number of anilines is 1. The molecule has 6 heteroatoms. The highest BCUT2D eigenvalue weighted by molar-refractivity contribution is 5.32. The van der Waals surface area contributed by atoms with Crippen molar-refractivity contribution in [3.63, 3.8) is 0 Å². The van der Waals surface area contributed by atoms with Gasteiger partial charge in [-0.2, -0.15) is 4.98 Å². The number of hydrogen-bond donors (Lipinski definition) is 1. The van der Waals surface area contributed by atoms with Crippen molar-refractivity contribution in [2.24, 2.45) is 0 Å². The molecule has 19 heavy (non-hydrogen) atoms. The van der Waals surface area contributed by atoms with Crippen LogP contribution in [-0.4, -0.2) is 50.1 Å². The number of aromatic nitrogens is 2. The van der Waals surface area contributed by atoms with Gasteiger partial charge in [0.2, 0.25) is 5.88 Å². The van der Waals surface area contributed by atoms with Gasteiger partial charge in [0.15, 0.2) is 0 Å². The zero-order valence-electron chi connectivity index (χ0n) is 11.7. The van der Waals surface area contributed by atoms with E-state index in [1.807, 2.05) is 0 Å². The maximum Gasteiger partial charge on any atom is 0.234 e. The highest BCUT2D eigenvalue weighted by Crippen LogP contribution is 2.09. The van der Waals surface area contributed by atoms with E-state index in [9.17, 15) is 0 Å². The number of ether oxygens (including phenoxy) is 3. The number of hydrogen-bond acceptors (Lipinski definition) is 6. The SMILES string of the molecule is CCCNc1cncc(OCCCOCCOC)n1. The van der Waals surface area contributed by atoms with Crippen LogP contribution in [0.5, 0.6) is 5.88 Å². The Labute approximate surface area is 114 Å². The minimum Gasteiger partial charge on any atom is -0.476 e. The molecular weight excluding hydrogens is 246 g/mol. The molecule has 0 saturated heterocycles. The van der Waals surface area contributed by atoms with Crippen molar-refractivity contribution < 1.29 is 14.2 Å². The molecule has 0 aliphatic heterocycles. The topological polar surface area (TPSA) is 65.5 Å². The third-order valence-corrected chi connectivity index (χ3v) is 2.28. The van der Waals surface area contributed by atoms with Gasteiger partial charge in [-0.1, -0.05) is 6.92 Å². The molecule has 0 aliphatic rings. The van der Waals surface area contributed by atoms with Crippen molar-refractivity contribution in [3.8, 4) is 5.88 Å². The summed E-state index contributed by atoms with van der Waals surface area (Å²) in [5.74, 6) is 1.29. The van der Waals surface area contributed by atoms with Gasteiger partial charge in [-0.05, 0) is 6.42 Å². The summed E-state index contributed by atoms with van der Waals surface area (Å²) in [5.41, 5.74) is 0. The summed E-state index contributed by atoms with van der Waals surface area (Å²) in [6.07, 6.45) is 5.17. The monoisotopic (exact) mass is 269 g/mol. The van der Waals surface area contributed by atoms with Crippen LogP contribution < -0.4 is 10.1 Å². The molecule has 0 saturated carbocycles. The summed E-state index contributed by atoms with van der Waals surface area (Å²) >= 11 is 0. The molecule has 6 nitrogen and oxygen atoms in total. The molecular formula is C13H23N3O3. The molecule has 0 aromatic carbocycles. The Hall–Kier alpha value is -1.40. The first-order chi connectivity index (χ1) is 9.36. The molecule has 1 aromatic heterocycles. The van der Waals surface area contributed by atoms with Gasteiger partial charge >= 0.3 is 0 Å². The lowest BCUT2D eigenvalue weighted by atomic mass is 10.5. The van der Waals surface area contributed by atoms with Crippen molar-refractivity contribution in [1.29, 1.82) is 0 Å². The Morgan fingerprint density at radius 1 is 1.16 bits per heavy atom. The summed E-state index contributed by atoms with van der Waals surface area (Å²) in [7, 11) is 1.66. The number of nitrogens with one attached hydrogen (secondary N) is 1. The normalized spacial score (nSPS) is 10.4. The van der Waals surface area contributed by atoms with E-state index in [0.717, 1.165) is 25.2 Å². The Bertz CT molecular complexity index is 337. The van der Waals surface area contributed by atoms with Crippen LogP contribution in [0.1, 0.15) is 19.8 Å². The fraction of sp³-hybridized carbons (Fsp3) is 0.692. The minimum absolute atomic E-state index is 0.540. The van der Waals surface area contributed by atoms with E-state index >= 15 is 0 Å². The first-order valence-electron chi connectivity index (χ1n) is 6.62. The van der Waals surface area contributed by atoms with Crippen molar-refractivity contribution >= 4 is 5.82 Å². The molecule has 0 spiro atoms. The lowest BCUT2D eigenvalue weighted by Crippen LogP contribution is -2.08. The Kier molecular flexibility index (Phi) is 8.67. The van der Waals surface area contributed by atoms with E-state index in [0.29, 0.717) is 32.3 Å². The molecule has 1 N–H and O–H groups in total. The largest absolute Gasteiger partial charge is 0.476 e. The third kappa shape index (κ3) is 7.58. The Balaban J connectivity index is 2.14. The smallest absolute Gasteiger partial charge is 0.234 e. The fourth-order valence-electron chi connectivity index (χ4n) is 1.34. The first kappa shape index (κ1) is 15.7. The van der Waals surface area contributed by atoms with Crippen LogP contribution in [0, 0.1) is 0 Å². The van der Waals surface area contributed by atoms with Gasteiger partial charge in [0, 0.05) is 26.7 Å². The van der Waals surface area contributed by atoms with Crippen LogP contribution in [0.25, 0.3) is 0 Å². The molecule has 1 rings (SSSR count). The second-order valence-electron chi connectivity index (χ2n) is 3.98. The van der Waals surface area contributed by atoms with Crippen LogP contribution >= 0.6 is 0 Å². The summed E-state index contributed by atoms with van der Waals surface area (Å²) in [6, 6.07) is 0. The van der Waals surface area contributed by atoms with Gasteiger partial charge in [-0.15, -0.1) is 0 Å². The van der Waals surface area contributed by atoms with E-state index in [2.05, 4.69) is 22.2 Å². The fourth-order valence-corrected chi connectivity index (χ4v) is 1.34.